The number of benzene rings is 2. The molecule has 2 aromatic carbocycles. The molecule has 0 atom stereocenters. The van der Waals surface area contributed by atoms with Crippen LogP contribution in [0.3, 0.4) is 0 Å². The molecule has 0 amide bonds. The molecule has 0 radical (unpaired) electrons. The smallest absolute Gasteiger partial charge is 0.195 e. The zero-order valence-electron chi connectivity index (χ0n) is 9.40. The van der Waals surface area contributed by atoms with Crippen LogP contribution in [-0.2, 0) is 10.2 Å². The van der Waals surface area contributed by atoms with Crippen LogP contribution in [0.5, 0.6) is 0 Å². The van der Waals surface area contributed by atoms with E-state index in [-0.39, 0.29) is 5.12 Å². The molecule has 0 saturated heterocycles. The van der Waals surface area contributed by atoms with Crippen molar-refractivity contribution in [1.82, 2.24) is 0 Å². The molecule has 0 spiro atoms. The first-order chi connectivity index (χ1) is 7.51. The Morgan fingerprint density at radius 1 is 1.06 bits per heavy atom. The van der Waals surface area contributed by atoms with E-state index in [0.717, 1.165) is 10.9 Å². The van der Waals surface area contributed by atoms with E-state index in [4.69, 9.17) is 0 Å². The first kappa shape index (κ1) is 11.2. The Hall–Kier alpha value is -1.28. The highest BCUT2D eigenvalue weighted by molar-refractivity contribution is 7.96. The summed E-state index contributed by atoms with van der Waals surface area (Å²) < 4.78 is 0. The van der Waals surface area contributed by atoms with Crippen LogP contribution in [0.15, 0.2) is 42.5 Å². The number of carbonyl (C=O) groups is 1. The van der Waals surface area contributed by atoms with E-state index in [2.05, 4.69) is 30.8 Å². The highest BCUT2D eigenvalue weighted by Gasteiger charge is 2.26. The molecular formula is C14H14OS. The molecule has 0 fully saturated rings. The lowest BCUT2D eigenvalue weighted by Crippen LogP contribution is -2.24. The van der Waals surface area contributed by atoms with Crippen molar-refractivity contribution in [3.05, 3.63) is 48.0 Å². The van der Waals surface area contributed by atoms with Gasteiger partial charge in [0.2, 0.25) is 0 Å². The minimum absolute atomic E-state index is 0.109. The number of thiol groups is 1. The summed E-state index contributed by atoms with van der Waals surface area (Å²) in [4.78, 5) is 11.5. The molecule has 0 aromatic heterocycles. The summed E-state index contributed by atoms with van der Waals surface area (Å²) in [5.74, 6) is 0. The van der Waals surface area contributed by atoms with Gasteiger partial charge >= 0.3 is 0 Å². The van der Waals surface area contributed by atoms with Gasteiger partial charge in [0.1, 0.15) is 0 Å². The lowest BCUT2D eigenvalue weighted by atomic mass is 9.85. The van der Waals surface area contributed by atoms with Crippen LogP contribution in [0.2, 0.25) is 0 Å². The van der Waals surface area contributed by atoms with Crippen LogP contribution in [0.4, 0.5) is 0 Å². The van der Waals surface area contributed by atoms with Gasteiger partial charge in [0.05, 0.1) is 5.41 Å². The van der Waals surface area contributed by atoms with Gasteiger partial charge in [0.15, 0.2) is 5.12 Å². The number of carbonyl (C=O) groups excluding carboxylic acids is 1. The summed E-state index contributed by atoms with van der Waals surface area (Å²) in [5, 5.41) is 2.24. The largest absolute Gasteiger partial charge is 0.287 e. The molecule has 0 N–H and O–H groups in total. The van der Waals surface area contributed by atoms with Crippen molar-refractivity contribution in [2.24, 2.45) is 0 Å². The summed E-state index contributed by atoms with van der Waals surface area (Å²) in [6.07, 6.45) is 0. The van der Waals surface area contributed by atoms with Crippen molar-refractivity contribution in [2.45, 2.75) is 19.3 Å². The molecular weight excluding hydrogens is 216 g/mol. The van der Waals surface area contributed by atoms with Gasteiger partial charge in [-0.2, -0.15) is 0 Å². The van der Waals surface area contributed by atoms with E-state index >= 15 is 0 Å². The van der Waals surface area contributed by atoms with Crippen molar-refractivity contribution in [3.63, 3.8) is 0 Å². The lowest BCUT2D eigenvalue weighted by Gasteiger charge is -2.21. The van der Waals surface area contributed by atoms with Crippen LogP contribution in [0, 0.1) is 0 Å². The molecule has 0 saturated carbocycles. The van der Waals surface area contributed by atoms with Crippen LogP contribution in [0.1, 0.15) is 19.4 Å². The van der Waals surface area contributed by atoms with Gasteiger partial charge in [0.25, 0.3) is 0 Å². The maximum Gasteiger partial charge on any atom is 0.195 e. The van der Waals surface area contributed by atoms with Crippen LogP contribution in [-0.4, -0.2) is 5.12 Å². The quantitative estimate of drug-likeness (QED) is 0.780. The van der Waals surface area contributed by atoms with Crippen LogP contribution >= 0.6 is 12.6 Å². The topological polar surface area (TPSA) is 17.1 Å². The molecule has 82 valence electrons. The first-order valence-corrected chi connectivity index (χ1v) is 5.69. The second kappa shape index (κ2) is 3.95. The lowest BCUT2D eigenvalue weighted by molar-refractivity contribution is -0.114. The van der Waals surface area contributed by atoms with Gasteiger partial charge in [-0.25, -0.2) is 0 Å². The molecule has 0 aliphatic rings. The van der Waals surface area contributed by atoms with Crippen molar-refractivity contribution >= 4 is 28.5 Å². The second-order valence-electron chi connectivity index (χ2n) is 4.49. The normalized spacial score (nSPS) is 11.7. The molecule has 0 aliphatic heterocycles. The van der Waals surface area contributed by atoms with Crippen molar-refractivity contribution in [2.75, 3.05) is 0 Å². The van der Waals surface area contributed by atoms with Crippen molar-refractivity contribution in [1.29, 1.82) is 0 Å². The average Bonchev–Trinajstić information content (AvgIpc) is 2.28. The highest BCUT2D eigenvalue weighted by Crippen LogP contribution is 2.28. The molecule has 0 bridgehead atoms. The second-order valence-corrected chi connectivity index (χ2v) is 4.90. The monoisotopic (exact) mass is 230 g/mol. The summed E-state index contributed by atoms with van der Waals surface area (Å²) >= 11 is 3.95. The van der Waals surface area contributed by atoms with Gasteiger partial charge in [-0.3, -0.25) is 4.79 Å². The van der Waals surface area contributed by atoms with Gasteiger partial charge in [-0.15, -0.1) is 12.6 Å². The SMILES string of the molecule is CC(C)(C(=O)S)c1ccc2ccccc2c1. The summed E-state index contributed by atoms with van der Waals surface area (Å²) in [6, 6.07) is 14.2. The Morgan fingerprint density at radius 2 is 1.69 bits per heavy atom. The third kappa shape index (κ3) is 1.85. The molecule has 1 nitrogen and oxygen atoms in total. The number of hydrogen-bond acceptors (Lipinski definition) is 1. The number of fused-ring (bicyclic) bond motifs is 1. The van der Waals surface area contributed by atoms with Gasteiger partial charge in [0, 0.05) is 0 Å². The summed E-state index contributed by atoms with van der Waals surface area (Å²) in [6.45, 7) is 3.79. The fourth-order valence-corrected chi connectivity index (χ4v) is 1.83. The predicted octanol–water partition coefficient (Wildman–Crippen LogP) is 3.57. The molecule has 16 heavy (non-hydrogen) atoms. The Labute approximate surface area is 101 Å². The fourth-order valence-electron chi connectivity index (χ4n) is 1.70. The van der Waals surface area contributed by atoms with E-state index in [9.17, 15) is 4.79 Å². The predicted molar refractivity (Wildman–Crippen MR) is 71.0 cm³/mol. The summed E-state index contributed by atoms with van der Waals surface area (Å²) in [7, 11) is 0. The molecule has 0 aliphatic carbocycles. The standard InChI is InChI=1S/C14H14OS/c1-14(2,13(15)16)12-8-7-10-5-3-4-6-11(10)9-12/h3-9H,1-2H3,(H,15,16). The minimum Gasteiger partial charge on any atom is -0.287 e. The molecule has 2 heteroatoms. The van der Waals surface area contributed by atoms with E-state index in [1.165, 1.54) is 5.39 Å². The third-order valence-electron chi connectivity index (χ3n) is 3.01. The highest BCUT2D eigenvalue weighted by atomic mass is 32.1. The number of hydrogen-bond donors (Lipinski definition) is 1. The van der Waals surface area contributed by atoms with Crippen molar-refractivity contribution < 1.29 is 4.79 Å². The Balaban J connectivity index is 2.59. The van der Waals surface area contributed by atoms with Crippen molar-refractivity contribution in [3.8, 4) is 0 Å². The van der Waals surface area contributed by atoms with E-state index in [1.54, 1.807) is 0 Å². The van der Waals surface area contributed by atoms with Crippen LogP contribution in [0.25, 0.3) is 10.8 Å². The maximum absolute atomic E-state index is 11.5. The van der Waals surface area contributed by atoms with Gasteiger partial charge in [-0.05, 0) is 30.2 Å². The van der Waals surface area contributed by atoms with E-state index in [1.807, 2.05) is 38.1 Å². The van der Waals surface area contributed by atoms with E-state index in [0.29, 0.717) is 0 Å². The fraction of sp³-hybridized carbons (Fsp3) is 0.214. The summed E-state index contributed by atoms with van der Waals surface area (Å²) in [5.41, 5.74) is 0.471. The maximum atomic E-state index is 11.5. The Bertz CT molecular complexity index is 543. The molecule has 0 heterocycles. The zero-order valence-corrected chi connectivity index (χ0v) is 10.3. The molecule has 2 aromatic rings. The zero-order chi connectivity index (χ0) is 11.8. The average molecular weight is 230 g/mol. The first-order valence-electron chi connectivity index (χ1n) is 5.24. The third-order valence-corrected chi connectivity index (χ3v) is 3.56. The van der Waals surface area contributed by atoms with Crippen LogP contribution < -0.4 is 0 Å². The Kier molecular flexibility index (Phi) is 2.76. The van der Waals surface area contributed by atoms with Gasteiger partial charge in [-0.1, -0.05) is 42.5 Å². The minimum atomic E-state index is -0.535. The van der Waals surface area contributed by atoms with E-state index < -0.39 is 5.41 Å². The molecule has 0 unspecified atom stereocenters. The Morgan fingerprint density at radius 3 is 2.31 bits per heavy atom. The molecule has 2 rings (SSSR count). The number of rotatable bonds is 2. The van der Waals surface area contributed by atoms with Gasteiger partial charge < -0.3 is 0 Å².